The fourth-order valence-electron chi connectivity index (χ4n) is 1.37. The van der Waals surface area contributed by atoms with Gasteiger partial charge in [-0.1, -0.05) is 15.9 Å². The van der Waals surface area contributed by atoms with Crippen LogP contribution in [0.1, 0.15) is 10.4 Å². The zero-order valence-electron chi connectivity index (χ0n) is 8.95. The van der Waals surface area contributed by atoms with Crippen molar-refractivity contribution in [3.05, 3.63) is 57.0 Å². The van der Waals surface area contributed by atoms with Gasteiger partial charge in [-0.05, 0) is 40.2 Å². The molecule has 0 spiro atoms. The molecule has 0 radical (unpaired) electrons. The Morgan fingerprint density at radius 3 is 2.56 bits per heavy atom. The average molecular weight is 374 g/mol. The van der Waals surface area contributed by atoms with E-state index in [1.165, 1.54) is 18.3 Å². The number of benzene rings is 1. The minimum atomic E-state index is -0.470. The van der Waals surface area contributed by atoms with Gasteiger partial charge in [0.2, 0.25) is 0 Å². The second-order valence-electron chi connectivity index (χ2n) is 3.50. The number of aromatic nitrogens is 1. The average Bonchev–Trinajstić information content (AvgIpc) is 2.27. The molecule has 0 saturated carbocycles. The first kappa shape index (κ1) is 13.2. The Hall–Kier alpha value is -1.27. The minimum Gasteiger partial charge on any atom is -0.321 e. The van der Waals surface area contributed by atoms with E-state index in [0.717, 1.165) is 4.47 Å². The van der Waals surface area contributed by atoms with E-state index in [1.54, 1.807) is 18.3 Å². The summed E-state index contributed by atoms with van der Waals surface area (Å²) >= 11 is 6.39. The lowest BCUT2D eigenvalue weighted by atomic mass is 10.2. The maximum atomic E-state index is 13.2. The summed E-state index contributed by atoms with van der Waals surface area (Å²) in [6, 6.07) is 5.71. The van der Waals surface area contributed by atoms with E-state index in [0.29, 0.717) is 10.2 Å². The van der Waals surface area contributed by atoms with Crippen molar-refractivity contribution in [1.29, 1.82) is 0 Å². The zero-order chi connectivity index (χ0) is 13.1. The summed E-state index contributed by atoms with van der Waals surface area (Å²) in [6.07, 6.45) is 3.12. The quantitative estimate of drug-likeness (QED) is 0.864. The SMILES string of the molecule is O=C(Nc1cncc(Br)c1)c1cc(F)cc(Br)c1. The third-order valence-corrected chi connectivity index (χ3v) is 2.98. The molecule has 0 aliphatic carbocycles. The van der Waals surface area contributed by atoms with Gasteiger partial charge in [0.15, 0.2) is 0 Å². The molecule has 6 heteroatoms. The van der Waals surface area contributed by atoms with E-state index >= 15 is 0 Å². The molecule has 0 aliphatic rings. The number of carbonyl (C=O) groups is 1. The maximum absolute atomic E-state index is 13.2. The Balaban J connectivity index is 2.22. The monoisotopic (exact) mass is 372 g/mol. The molecule has 2 aromatic rings. The first-order chi connectivity index (χ1) is 8.54. The maximum Gasteiger partial charge on any atom is 0.255 e. The van der Waals surface area contributed by atoms with Gasteiger partial charge in [0.05, 0.1) is 11.9 Å². The highest BCUT2D eigenvalue weighted by Gasteiger charge is 2.09. The standard InChI is InChI=1S/C12H7Br2FN2O/c13-8-1-7(2-10(15)3-8)12(18)17-11-4-9(14)5-16-6-11/h1-6H,(H,17,18). The number of nitrogens with zero attached hydrogens (tertiary/aromatic N) is 1. The van der Waals surface area contributed by atoms with Crippen LogP contribution in [-0.4, -0.2) is 10.9 Å². The van der Waals surface area contributed by atoms with Crippen molar-refractivity contribution in [3.8, 4) is 0 Å². The molecule has 0 bridgehead atoms. The van der Waals surface area contributed by atoms with Crippen LogP contribution in [0.15, 0.2) is 45.6 Å². The molecule has 18 heavy (non-hydrogen) atoms. The third kappa shape index (κ3) is 3.36. The van der Waals surface area contributed by atoms with Crippen molar-refractivity contribution in [3.63, 3.8) is 0 Å². The lowest BCUT2D eigenvalue weighted by Crippen LogP contribution is -2.12. The van der Waals surface area contributed by atoms with Crippen LogP contribution < -0.4 is 5.32 Å². The lowest BCUT2D eigenvalue weighted by Gasteiger charge is -2.05. The lowest BCUT2D eigenvalue weighted by molar-refractivity contribution is 0.102. The molecule has 0 saturated heterocycles. The molecule has 0 unspecified atom stereocenters. The molecule has 1 aromatic carbocycles. The van der Waals surface area contributed by atoms with Crippen LogP contribution in [0.5, 0.6) is 0 Å². The van der Waals surface area contributed by atoms with Crippen molar-refractivity contribution >= 4 is 43.5 Å². The highest BCUT2D eigenvalue weighted by molar-refractivity contribution is 9.10. The Bertz CT molecular complexity index is 584. The van der Waals surface area contributed by atoms with Gasteiger partial charge in [0.1, 0.15) is 5.82 Å². The predicted molar refractivity (Wildman–Crippen MR) is 74.0 cm³/mol. The highest BCUT2D eigenvalue weighted by Crippen LogP contribution is 2.18. The number of halogens is 3. The van der Waals surface area contributed by atoms with E-state index < -0.39 is 11.7 Å². The fourth-order valence-corrected chi connectivity index (χ4v) is 2.20. The Morgan fingerprint density at radius 2 is 1.89 bits per heavy atom. The van der Waals surface area contributed by atoms with Gasteiger partial charge in [-0.15, -0.1) is 0 Å². The second kappa shape index (κ2) is 5.58. The normalized spacial score (nSPS) is 10.2. The van der Waals surface area contributed by atoms with E-state index in [2.05, 4.69) is 42.2 Å². The van der Waals surface area contributed by atoms with Gasteiger partial charge in [0.25, 0.3) is 5.91 Å². The van der Waals surface area contributed by atoms with Crippen LogP contribution in [0.2, 0.25) is 0 Å². The molecule has 2 rings (SSSR count). The van der Waals surface area contributed by atoms with Crippen molar-refractivity contribution in [1.82, 2.24) is 4.98 Å². The van der Waals surface area contributed by atoms with E-state index in [1.807, 2.05) is 0 Å². The topological polar surface area (TPSA) is 42.0 Å². The first-order valence-corrected chi connectivity index (χ1v) is 6.51. The van der Waals surface area contributed by atoms with Crippen LogP contribution in [0, 0.1) is 5.82 Å². The number of hydrogen-bond donors (Lipinski definition) is 1. The van der Waals surface area contributed by atoms with E-state index in [4.69, 9.17) is 0 Å². The van der Waals surface area contributed by atoms with Gasteiger partial charge in [-0.25, -0.2) is 4.39 Å². The third-order valence-electron chi connectivity index (χ3n) is 2.09. The summed E-state index contributed by atoms with van der Waals surface area (Å²) in [7, 11) is 0. The van der Waals surface area contributed by atoms with Gasteiger partial charge < -0.3 is 5.32 Å². The van der Waals surface area contributed by atoms with Crippen LogP contribution in [0.3, 0.4) is 0 Å². The summed E-state index contributed by atoms with van der Waals surface area (Å²) in [5.41, 5.74) is 0.775. The number of pyridine rings is 1. The number of carbonyl (C=O) groups excluding carboxylic acids is 1. The Morgan fingerprint density at radius 1 is 1.11 bits per heavy atom. The second-order valence-corrected chi connectivity index (χ2v) is 5.34. The number of rotatable bonds is 2. The summed E-state index contributed by atoms with van der Waals surface area (Å²) in [5, 5.41) is 2.63. The number of anilines is 1. The smallest absolute Gasteiger partial charge is 0.255 e. The predicted octanol–water partition coefficient (Wildman–Crippen LogP) is 4.00. The van der Waals surface area contributed by atoms with Crippen molar-refractivity contribution in [2.45, 2.75) is 0 Å². The molecule has 1 aromatic heterocycles. The molecule has 3 nitrogen and oxygen atoms in total. The summed E-state index contributed by atoms with van der Waals surface area (Å²) in [6.45, 7) is 0. The van der Waals surface area contributed by atoms with Crippen LogP contribution >= 0.6 is 31.9 Å². The van der Waals surface area contributed by atoms with Crippen LogP contribution in [0.25, 0.3) is 0 Å². The van der Waals surface area contributed by atoms with Crippen LogP contribution in [-0.2, 0) is 0 Å². The molecule has 0 aliphatic heterocycles. The van der Waals surface area contributed by atoms with Crippen molar-refractivity contribution < 1.29 is 9.18 Å². The van der Waals surface area contributed by atoms with E-state index in [-0.39, 0.29) is 5.56 Å². The van der Waals surface area contributed by atoms with Gasteiger partial charge in [0, 0.05) is 20.7 Å². The molecule has 92 valence electrons. The molecular formula is C12H7Br2FN2O. The summed E-state index contributed by atoms with van der Waals surface area (Å²) < 4.78 is 14.4. The molecular weight excluding hydrogens is 367 g/mol. The van der Waals surface area contributed by atoms with Crippen molar-refractivity contribution in [2.75, 3.05) is 5.32 Å². The largest absolute Gasteiger partial charge is 0.321 e. The molecule has 1 N–H and O–H groups in total. The molecule has 1 amide bonds. The van der Waals surface area contributed by atoms with Crippen LogP contribution in [0.4, 0.5) is 10.1 Å². The molecule has 0 atom stereocenters. The summed E-state index contributed by atoms with van der Waals surface area (Å²) in [5.74, 6) is -0.864. The summed E-state index contributed by atoms with van der Waals surface area (Å²) in [4.78, 5) is 15.8. The fraction of sp³-hybridized carbons (Fsp3) is 0. The van der Waals surface area contributed by atoms with Gasteiger partial charge >= 0.3 is 0 Å². The minimum absolute atomic E-state index is 0.238. The highest BCUT2D eigenvalue weighted by atomic mass is 79.9. The Kier molecular flexibility index (Phi) is 4.08. The Labute approximate surface area is 120 Å². The number of hydrogen-bond acceptors (Lipinski definition) is 2. The zero-order valence-corrected chi connectivity index (χ0v) is 12.1. The molecule has 0 fully saturated rings. The number of nitrogens with one attached hydrogen (secondary N) is 1. The number of amides is 1. The van der Waals surface area contributed by atoms with E-state index in [9.17, 15) is 9.18 Å². The first-order valence-electron chi connectivity index (χ1n) is 4.92. The van der Waals surface area contributed by atoms with Crippen molar-refractivity contribution in [2.24, 2.45) is 0 Å². The molecule has 1 heterocycles. The van der Waals surface area contributed by atoms with Gasteiger partial charge in [-0.2, -0.15) is 0 Å². The van der Waals surface area contributed by atoms with Gasteiger partial charge in [-0.3, -0.25) is 9.78 Å².